The van der Waals surface area contributed by atoms with Crippen molar-refractivity contribution in [2.75, 3.05) is 0 Å². The summed E-state index contributed by atoms with van der Waals surface area (Å²) in [6, 6.07) is 4.99. The average molecular weight is 271 g/mol. The van der Waals surface area contributed by atoms with Gasteiger partial charge >= 0.3 is 0 Å². The number of halogens is 1. The third-order valence-corrected chi connectivity index (χ3v) is 3.09. The van der Waals surface area contributed by atoms with Crippen LogP contribution in [-0.4, -0.2) is 19.1 Å². The highest BCUT2D eigenvalue weighted by Gasteiger charge is 2.05. The van der Waals surface area contributed by atoms with Crippen LogP contribution < -0.4 is 5.73 Å². The molecule has 3 rings (SSSR count). The highest BCUT2D eigenvalue weighted by molar-refractivity contribution is 5.36. The van der Waals surface area contributed by atoms with E-state index in [1.165, 1.54) is 6.07 Å². The van der Waals surface area contributed by atoms with E-state index in [9.17, 15) is 4.39 Å². The lowest BCUT2D eigenvalue weighted by atomic mass is 10.2. The quantitative estimate of drug-likeness (QED) is 0.786. The first-order chi connectivity index (χ1) is 9.76. The van der Waals surface area contributed by atoms with Crippen molar-refractivity contribution >= 4 is 0 Å². The smallest absolute Gasteiger partial charge is 0.129 e. The zero-order chi connectivity index (χ0) is 13.9. The SMILES string of the molecule is NCc1ccc(-n2cnc(Cn3ccnc3)c2)cc1F. The first-order valence-corrected chi connectivity index (χ1v) is 6.24. The van der Waals surface area contributed by atoms with Gasteiger partial charge in [0.25, 0.3) is 0 Å². The Labute approximate surface area is 115 Å². The van der Waals surface area contributed by atoms with Crippen LogP contribution in [0.2, 0.25) is 0 Å². The summed E-state index contributed by atoms with van der Waals surface area (Å²) in [6.45, 7) is 0.832. The lowest BCUT2D eigenvalue weighted by Gasteiger charge is -2.05. The van der Waals surface area contributed by atoms with Gasteiger partial charge in [-0.2, -0.15) is 0 Å². The summed E-state index contributed by atoms with van der Waals surface area (Å²) in [5.74, 6) is -0.296. The summed E-state index contributed by atoms with van der Waals surface area (Å²) in [4.78, 5) is 8.29. The van der Waals surface area contributed by atoms with E-state index in [-0.39, 0.29) is 12.4 Å². The normalized spacial score (nSPS) is 10.9. The van der Waals surface area contributed by atoms with Crippen molar-refractivity contribution in [1.29, 1.82) is 0 Å². The summed E-state index contributed by atoms with van der Waals surface area (Å²) in [5.41, 5.74) is 7.57. The van der Waals surface area contributed by atoms with Crippen molar-refractivity contribution < 1.29 is 4.39 Å². The Balaban J connectivity index is 1.84. The minimum atomic E-state index is -0.296. The second-order valence-corrected chi connectivity index (χ2v) is 4.49. The molecule has 102 valence electrons. The van der Waals surface area contributed by atoms with E-state index in [0.29, 0.717) is 12.1 Å². The Hall–Kier alpha value is -2.47. The molecule has 3 aromatic rings. The van der Waals surface area contributed by atoms with Crippen molar-refractivity contribution in [3.05, 3.63) is 66.5 Å². The molecule has 2 N–H and O–H groups in total. The lowest BCUT2D eigenvalue weighted by molar-refractivity contribution is 0.609. The van der Waals surface area contributed by atoms with E-state index in [0.717, 1.165) is 11.4 Å². The predicted molar refractivity (Wildman–Crippen MR) is 72.7 cm³/mol. The number of nitrogens with zero attached hydrogens (tertiary/aromatic N) is 4. The molecule has 0 atom stereocenters. The molecule has 2 aromatic heterocycles. The van der Waals surface area contributed by atoms with Gasteiger partial charge in [-0.15, -0.1) is 0 Å². The number of hydrogen-bond acceptors (Lipinski definition) is 3. The first-order valence-electron chi connectivity index (χ1n) is 6.24. The molecule has 5 nitrogen and oxygen atoms in total. The van der Waals surface area contributed by atoms with Gasteiger partial charge in [0.2, 0.25) is 0 Å². The van der Waals surface area contributed by atoms with E-state index in [1.807, 2.05) is 23.0 Å². The average Bonchev–Trinajstić information content (AvgIpc) is 3.11. The molecule has 0 radical (unpaired) electrons. The van der Waals surface area contributed by atoms with Crippen LogP contribution in [0.4, 0.5) is 4.39 Å². The Morgan fingerprint density at radius 1 is 1.25 bits per heavy atom. The Kier molecular flexibility index (Phi) is 3.30. The monoisotopic (exact) mass is 271 g/mol. The maximum Gasteiger partial charge on any atom is 0.129 e. The van der Waals surface area contributed by atoms with Gasteiger partial charge in [0.1, 0.15) is 5.82 Å². The van der Waals surface area contributed by atoms with E-state index in [2.05, 4.69) is 9.97 Å². The fourth-order valence-corrected chi connectivity index (χ4v) is 2.02. The second-order valence-electron chi connectivity index (χ2n) is 4.49. The number of nitrogens with two attached hydrogens (primary N) is 1. The molecule has 0 spiro atoms. The van der Waals surface area contributed by atoms with Crippen molar-refractivity contribution in [2.45, 2.75) is 13.1 Å². The van der Waals surface area contributed by atoms with E-state index in [4.69, 9.17) is 5.73 Å². The van der Waals surface area contributed by atoms with Gasteiger partial charge in [-0.3, -0.25) is 0 Å². The van der Waals surface area contributed by atoms with E-state index < -0.39 is 0 Å². The number of rotatable bonds is 4. The molecule has 0 aliphatic rings. The standard InChI is InChI=1S/C14H14FN5/c15-14-5-13(2-1-11(14)6-16)20-8-12(18-10-20)7-19-4-3-17-9-19/h1-5,8-10H,6-7,16H2. The summed E-state index contributed by atoms with van der Waals surface area (Å²) in [5, 5.41) is 0. The molecule has 0 fully saturated rings. The van der Waals surface area contributed by atoms with Crippen LogP contribution in [0.3, 0.4) is 0 Å². The molecule has 6 heteroatoms. The van der Waals surface area contributed by atoms with Gasteiger partial charge in [0.15, 0.2) is 0 Å². The topological polar surface area (TPSA) is 61.7 Å². The molecule has 0 saturated carbocycles. The third kappa shape index (κ3) is 2.46. The molecular weight excluding hydrogens is 257 g/mol. The molecule has 0 aliphatic carbocycles. The third-order valence-electron chi connectivity index (χ3n) is 3.09. The maximum atomic E-state index is 13.7. The molecule has 2 heterocycles. The highest BCUT2D eigenvalue weighted by Crippen LogP contribution is 2.14. The van der Waals surface area contributed by atoms with Crippen LogP contribution in [0.1, 0.15) is 11.3 Å². The molecule has 0 saturated heterocycles. The summed E-state index contributed by atoms with van der Waals surface area (Å²) >= 11 is 0. The number of imidazole rings is 2. The zero-order valence-corrected chi connectivity index (χ0v) is 10.8. The van der Waals surface area contributed by atoms with E-state index in [1.54, 1.807) is 29.5 Å². The van der Waals surface area contributed by atoms with Crippen molar-refractivity contribution in [3.8, 4) is 5.69 Å². The lowest BCUT2D eigenvalue weighted by Crippen LogP contribution is -2.01. The van der Waals surface area contributed by atoms with Crippen LogP contribution in [0.15, 0.2) is 49.4 Å². The minimum Gasteiger partial charge on any atom is -0.331 e. The van der Waals surface area contributed by atoms with Gasteiger partial charge in [0.05, 0.1) is 24.9 Å². The van der Waals surface area contributed by atoms with Crippen LogP contribution in [0.25, 0.3) is 5.69 Å². The Morgan fingerprint density at radius 3 is 2.85 bits per heavy atom. The fourth-order valence-electron chi connectivity index (χ4n) is 2.02. The van der Waals surface area contributed by atoms with Crippen LogP contribution in [0, 0.1) is 5.82 Å². The summed E-state index contributed by atoms with van der Waals surface area (Å²) in [7, 11) is 0. The van der Waals surface area contributed by atoms with Gasteiger partial charge < -0.3 is 14.9 Å². The second kappa shape index (κ2) is 5.26. The van der Waals surface area contributed by atoms with E-state index >= 15 is 0 Å². The Bertz CT molecular complexity index is 702. The van der Waals surface area contributed by atoms with Crippen molar-refractivity contribution in [1.82, 2.24) is 19.1 Å². The summed E-state index contributed by atoms with van der Waals surface area (Å²) < 4.78 is 17.4. The molecular formula is C14H14FN5. The van der Waals surface area contributed by atoms with Gasteiger partial charge in [-0.1, -0.05) is 6.07 Å². The molecule has 1 aromatic carbocycles. The van der Waals surface area contributed by atoms with Gasteiger partial charge in [0, 0.05) is 36.4 Å². The number of benzene rings is 1. The van der Waals surface area contributed by atoms with Crippen LogP contribution in [-0.2, 0) is 13.1 Å². The molecule has 0 unspecified atom stereocenters. The minimum absolute atomic E-state index is 0.196. The van der Waals surface area contributed by atoms with Gasteiger partial charge in [-0.25, -0.2) is 14.4 Å². The predicted octanol–water partition coefficient (Wildman–Crippen LogP) is 1.71. The molecule has 20 heavy (non-hydrogen) atoms. The van der Waals surface area contributed by atoms with Crippen LogP contribution >= 0.6 is 0 Å². The zero-order valence-electron chi connectivity index (χ0n) is 10.8. The maximum absolute atomic E-state index is 13.7. The fraction of sp³-hybridized carbons (Fsp3) is 0.143. The number of aromatic nitrogens is 4. The molecule has 0 aliphatic heterocycles. The van der Waals surface area contributed by atoms with Crippen LogP contribution in [0.5, 0.6) is 0 Å². The summed E-state index contributed by atoms with van der Waals surface area (Å²) in [6.07, 6.45) is 8.86. The van der Waals surface area contributed by atoms with Gasteiger partial charge in [-0.05, 0) is 12.1 Å². The Morgan fingerprint density at radius 2 is 2.15 bits per heavy atom. The molecule has 0 amide bonds. The molecule has 0 bridgehead atoms. The highest BCUT2D eigenvalue weighted by atomic mass is 19.1. The number of hydrogen-bond donors (Lipinski definition) is 1. The largest absolute Gasteiger partial charge is 0.331 e. The van der Waals surface area contributed by atoms with Crippen molar-refractivity contribution in [3.63, 3.8) is 0 Å². The first kappa shape index (κ1) is 12.6. The van der Waals surface area contributed by atoms with Crippen molar-refractivity contribution in [2.24, 2.45) is 5.73 Å².